The minimum atomic E-state index is 0.866. The Balaban J connectivity index is 2.23. The van der Waals surface area contributed by atoms with Crippen LogP contribution in [0.15, 0.2) is 60.7 Å². The van der Waals surface area contributed by atoms with Crippen molar-refractivity contribution < 1.29 is 4.74 Å². The summed E-state index contributed by atoms with van der Waals surface area (Å²) in [5.41, 5.74) is 1.11. The lowest BCUT2D eigenvalue weighted by molar-refractivity contribution is 0.481. The Morgan fingerprint density at radius 1 is 0.941 bits per heavy atom. The van der Waals surface area contributed by atoms with Gasteiger partial charge in [0, 0.05) is 5.56 Å². The van der Waals surface area contributed by atoms with Crippen LogP contribution >= 0.6 is 0 Å². The smallest absolute Gasteiger partial charge is 0.134 e. The fourth-order valence-corrected chi connectivity index (χ4v) is 1.57. The largest absolute Gasteiger partial charge is 0.457 e. The van der Waals surface area contributed by atoms with Gasteiger partial charge in [0.15, 0.2) is 0 Å². The molecule has 0 atom stereocenters. The van der Waals surface area contributed by atoms with Crippen LogP contribution in [0.3, 0.4) is 0 Å². The Kier molecular flexibility index (Phi) is 3.98. The van der Waals surface area contributed by atoms with Crippen molar-refractivity contribution in [1.82, 2.24) is 0 Å². The van der Waals surface area contributed by atoms with E-state index in [1.807, 2.05) is 48.5 Å². The number of benzene rings is 2. The van der Waals surface area contributed by atoms with E-state index >= 15 is 0 Å². The van der Waals surface area contributed by atoms with Gasteiger partial charge >= 0.3 is 0 Å². The number of allylic oxidation sites excluding steroid dienone is 1. The molecule has 0 heterocycles. The van der Waals surface area contributed by atoms with Crippen molar-refractivity contribution >= 4 is 6.08 Å². The molecule has 2 aromatic carbocycles. The van der Waals surface area contributed by atoms with Gasteiger partial charge in [0.25, 0.3) is 0 Å². The molecule has 0 saturated carbocycles. The zero-order valence-corrected chi connectivity index (χ0v) is 9.97. The van der Waals surface area contributed by atoms with Gasteiger partial charge in [0.05, 0.1) is 0 Å². The molecule has 0 spiro atoms. The van der Waals surface area contributed by atoms with Crippen molar-refractivity contribution in [3.63, 3.8) is 0 Å². The van der Waals surface area contributed by atoms with Gasteiger partial charge in [-0.25, -0.2) is 0 Å². The maximum absolute atomic E-state index is 5.86. The molecule has 0 aromatic heterocycles. The molecule has 2 rings (SSSR count). The van der Waals surface area contributed by atoms with Gasteiger partial charge in [-0.3, -0.25) is 0 Å². The van der Waals surface area contributed by atoms with Gasteiger partial charge in [-0.05, 0) is 24.6 Å². The molecular weight excluding hydrogens is 208 g/mol. The Labute approximate surface area is 102 Å². The van der Waals surface area contributed by atoms with Gasteiger partial charge < -0.3 is 4.74 Å². The van der Waals surface area contributed by atoms with E-state index in [4.69, 9.17) is 4.74 Å². The van der Waals surface area contributed by atoms with E-state index in [0.717, 1.165) is 23.5 Å². The van der Waals surface area contributed by atoms with Crippen LogP contribution in [0.5, 0.6) is 11.5 Å². The third-order valence-corrected chi connectivity index (χ3v) is 2.42. The lowest BCUT2D eigenvalue weighted by Crippen LogP contribution is -1.86. The molecule has 0 bridgehead atoms. The van der Waals surface area contributed by atoms with Gasteiger partial charge in [0.1, 0.15) is 11.5 Å². The Bertz CT molecular complexity index is 486. The van der Waals surface area contributed by atoms with Gasteiger partial charge in [-0.2, -0.15) is 0 Å². The highest BCUT2D eigenvalue weighted by atomic mass is 16.5. The SMILES string of the molecule is CC/C=C/c1ccccc1Oc1ccccc1. The molecule has 0 unspecified atom stereocenters. The van der Waals surface area contributed by atoms with Crippen LogP contribution in [0.4, 0.5) is 0 Å². The first-order valence-corrected chi connectivity index (χ1v) is 5.88. The zero-order valence-electron chi connectivity index (χ0n) is 9.97. The molecule has 0 saturated heterocycles. The lowest BCUT2D eigenvalue weighted by atomic mass is 10.2. The topological polar surface area (TPSA) is 9.23 Å². The Morgan fingerprint density at radius 3 is 2.41 bits per heavy atom. The van der Waals surface area contributed by atoms with Crippen molar-refractivity contribution in [2.75, 3.05) is 0 Å². The molecule has 0 fully saturated rings. The first kappa shape index (κ1) is 11.5. The standard InChI is InChI=1S/C16H16O/c1-2-3-9-14-10-7-8-13-16(14)17-15-11-5-4-6-12-15/h3-13H,2H2,1H3/b9-3+. The van der Waals surface area contributed by atoms with Gasteiger partial charge in [-0.15, -0.1) is 0 Å². The molecule has 0 N–H and O–H groups in total. The summed E-state index contributed by atoms with van der Waals surface area (Å²) < 4.78 is 5.86. The summed E-state index contributed by atoms with van der Waals surface area (Å²) in [7, 11) is 0. The third-order valence-electron chi connectivity index (χ3n) is 2.42. The highest BCUT2D eigenvalue weighted by molar-refractivity contribution is 5.57. The average molecular weight is 224 g/mol. The molecule has 1 nitrogen and oxygen atoms in total. The predicted molar refractivity (Wildman–Crippen MR) is 72.3 cm³/mol. The second-order valence-corrected chi connectivity index (χ2v) is 3.76. The summed E-state index contributed by atoms with van der Waals surface area (Å²) in [5.74, 6) is 1.76. The van der Waals surface area contributed by atoms with Crippen LogP contribution in [0.1, 0.15) is 18.9 Å². The summed E-state index contributed by atoms with van der Waals surface area (Å²) in [6.45, 7) is 2.12. The van der Waals surface area contributed by atoms with E-state index < -0.39 is 0 Å². The molecule has 1 heteroatoms. The van der Waals surface area contributed by atoms with E-state index in [2.05, 4.69) is 25.1 Å². The maximum Gasteiger partial charge on any atom is 0.134 e. The van der Waals surface area contributed by atoms with Crippen LogP contribution in [-0.4, -0.2) is 0 Å². The molecule has 2 aromatic rings. The summed E-state index contributed by atoms with van der Waals surface area (Å²) in [6, 6.07) is 17.9. The predicted octanol–water partition coefficient (Wildman–Crippen LogP) is 4.90. The summed E-state index contributed by atoms with van der Waals surface area (Å²) in [6.07, 6.45) is 5.26. The molecule has 17 heavy (non-hydrogen) atoms. The lowest BCUT2D eigenvalue weighted by Gasteiger charge is -2.08. The summed E-state index contributed by atoms with van der Waals surface area (Å²) in [4.78, 5) is 0. The zero-order chi connectivity index (χ0) is 11.9. The van der Waals surface area contributed by atoms with Crippen molar-refractivity contribution in [2.45, 2.75) is 13.3 Å². The van der Waals surface area contributed by atoms with Gasteiger partial charge in [-0.1, -0.05) is 55.5 Å². The second-order valence-electron chi connectivity index (χ2n) is 3.76. The first-order chi connectivity index (χ1) is 8.40. The fraction of sp³-hybridized carbons (Fsp3) is 0.125. The summed E-state index contributed by atoms with van der Waals surface area (Å²) in [5, 5.41) is 0. The van der Waals surface area contributed by atoms with Crippen molar-refractivity contribution in [1.29, 1.82) is 0 Å². The molecule has 86 valence electrons. The number of ether oxygens (including phenoxy) is 1. The quantitative estimate of drug-likeness (QED) is 0.717. The van der Waals surface area contributed by atoms with Crippen LogP contribution < -0.4 is 4.74 Å². The highest BCUT2D eigenvalue weighted by Crippen LogP contribution is 2.25. The van der Waals surface area contributed by atoms with Crippen LogP contribution in [0.25, 0.3) is 6.08 Å². The molecule has 0 aliphatic carbocycles. The first-order valence-electron chi connectivity index (χ1n) is 5.88. The Hall–Kier alpha value is -2.02. The van der Waals surface area contributed by atoms with Crippen LogP contribution in [0.2, 0.25) is 0 Å². The van der Waals surface area contributed by atoms with Gasteiger partial charge in [0.2, 0.25) is 0 Å². The normalized spacial score (nSPS) is 10.6. The number of hydrogen-bond acceptors (Lipinski definition) is 1. The minimum Gasteiger partial charge on any atom is -0.457 e. The second kappa shape index (κ2) is 5.90. The van der Waals surface area contributed by atoms with Crippen LogP contribution in [-0.2, 0) is 0 Å². The van der Waals surface area contributed by atoms with E-state index in [1.54, 1.807) is 0 Å². The maximum atomic E-state index is 5.86. The minimum absolute atomic E-state index is 0.866. The van der Waals surface area contributed by atoms with E-state index in [9.17, 15) is 0 Å². The summed E-state index contributed by atoms with van der Waals surface area (Å²) >= 11 is 0. The van der Waals surface area contributed by atoms with Crippen LogP contribution in [0, 0.1) is 0 Å². The van der Waals surface area contributed by atoms with Crippen molar-refractivity contribution in [2.24, 2.45) is 0 Å². The number of hydrogen-bond donors (Lipinski definition) is 0. The molecule has 0 amide bonds. The van der Waals surface area contributed by atoms with Crippen molar-refractivity contribution in [3.05, 3.63) is 66.2 Å². The molecular formula is C16H16O. The monoisotopic (exact) mass is 224 g/mol. The van der Waals surface area contributed by atoms with E-state index in [-0.39, 0.29) is 0 Å². The number of para-hydroxylation sites is 2. The van der Waals surface area contributed by atoms with E-state index in [1.165, 1.54) is 0 Å². The van der Waals surface area contributed by atoms with E-state index in [0.29, 0.717) is 0 Å². The average Bonchev–Trinajstić information content (AvgIpc) is 2.39. The fourth-order valence-electron chi connectivity index (χ4n) is 1.57. The Morgan fingerprint density at radius 2 is 1.65 bits per heavy atom. The third kappa shape index (κ3) is 3.22. The number of rotatable bonds is 4. The molecule has 0 radical (unpaired) electrons. The molecule has 0 aliphatic rings. The highest BCUT2D eigenvalue weighted by Gasteiger charge is 2.00. The van der Waals surface area contributed by atoms with Crippen molar-refractivity contribution in [3.8, 4) is 11.5 Å². The molecule has 0 aliphatic heterocycles.